The van der Waals surface area contributed by atoms with Gasteiger partial charge in [0.15, 0.2) is 30.0 Å². The highest BCUT2D eigenvalue weighted by atomic mass is 35.5. The molecule has 2 saturated heterocycles. The van der Waals surface area contributed by atoms with E-state index in [0.717, 1.165) is 27.7 Å². The van der Waals surface area contributed by atoms with Crippen molar-refractivity contribution in [3.8, 4) is 0 Å². The molecule has 0 amide bonds. The average Bonchev–Trinajstić information content (AvgIpc) is 3.72. The highest BCUT2D eigenvalue weighted by Gasteiger charge is 2.81. The van der Waals surface area contributed by atoms with Gasteiger partial charge >= 0.3 is 35.8 Å². The average molecular weight is 673 g/mol. The molecule has 0 aromatic heterocycles. The number of rotatable bonds is 7. The maximum Gasteiger partial charge on any atom is 0.332 e. The Morgan fingerprint density at radius 1 is 0.935 bits per heavy atom. The molecule has 2 N–H and O–H groups in total. The zero-order chi connectivity index (χ0) is 34.4. The lowest BCUT2D eigenvalue weighted by Gasteiger charge is -2.59. The summed E-state index contributed by atoms with van der Waals surface area (Å²) in [5, 5.41) is 22.3. The predicted octanol–water partition coefficient (Wildman–Crippen LogP) is 0.0500. The van der Waals surface area contributed by atoms with Gasteiger partial charge in [0.25, 0.3) is 0 Å². The second-order valence-corrected chi connectivity index (χ2v) is 12.3. The van der Waals surface area contributed by atoms with Gasteiger partial charge in [-0.15, -0.1) is 11.6 Å². The molecule has 2 aliphatic heterocycles. The van der Waals surface area contributed by atoms with E-state index in [2.05, 4.69) is 0 Å². The van der Waals surface area contributed by atoms with Crippen molar-refractivity contribution in [1.29, 1.82) is 0 Å². The number of hydrogen-bond donors (Lipinski definition) is 2. The molecule has 0 aromatic rings. The number of carbonyl (C=O) groups excluding carboxylic acids is 6. The molecule has 1 saturated carbocycles. The number of epoxide rings is 1. The lowest BCUT2D eigenvalue weighted by atomic mass is 9.51. The van der Waals surface area contributed by atoms with Crippen molar-refractivity contribution in [1.82, 2.24) is 0 Å². The Balaban J connectivity index is 2.17. The number of fused-ring (bicyclic) bond motifs is 3. The number of hydrogen-bond acceptors (Lipinski definition) is 15. The van der Waals surface area contributed by atoms with Gasteiger partial charge < -0.3 is 43.4 Å². The van der Waals surface area contributed by atoms with Crippen LogP contribution in [0.1, 0.15) is 41.5 Å². The van der Waals surface area contributed by atoms with Gasteiger partial charge in [-0.2, -0.15) is 0 Å². The van der Waals surface area contributed by atoms with Crippen LogP contribution in [0.5, 0.6) is 0 Å². The summed E-state index contributed by atoms with van der Waals surface area (Å²) in [7, 11) is 0. The number of carbonyl (C=O) groups is 6. The molecular formula is C30H37ClO15. The first-order valence-electron chi connectivity index (χ1n) is 14.5. The zero-order valence-electron chi connectivity index (χ0n) is 26.1. The van der Waals surface area contributed by atoms with E-state index in [-0.39, 0.29) is 18.1 Å². The molecule has 4 aliphatic rings. The quantitative estimate of drug-likeness (QED) is 0.158. The summed E-state index contributed by atoms with van der Waals surface area (Å²) in [5.41, 5.74) is -5.79. The van der Waals surface area contributed by atoms with Crippen molar-refractivity contribution in [2.75, 3.05) is 19.1 Å². The van der Waals surface area contributed by atoms with E-state index in [1.165, 1.54) is 32.1 Å². The van der Waals surface area contributed by atoms with Gasteiger partial charge in [0, 0.05) is 39.5 Å². The Morgan fingerprint density at radius 3 is 1.98 bits per heavy atom. The minimum atomic E-state index is -2.38. The normalized spacial score (nSPS) is 39.5. The van der Waals surface area contributed by atoms with Gasteiger partial charge in [-0.05, 0) is 24.6 Å². The molecule has 2 aliphatic carbocycles. The molecule has 11 atom stereocenters. The third-order valence-electron chi connectivity index (χ3n) is 9.06. The van der Waals surface area contributed by atoms with Crippen LogP contribution in [-0.4, -0.2) is 113 Å². The van der Waals surface area contributed by atoms with Crippen LogP contribution < -0.4 is 0 Å². The molecule has 16 heteroatoms. The van der Waals surface area contributed by atoms with E-state index in [1.54, 1.807) is 0 Å². The molecule has 0 radical (unpaired) electrons. The predicted molar refractivity (Wildman–Crippen MR) is 151 cm³/mol. The van der Waals surface area contributed by atoms with E-state index in [1.807, 2.05) is 0 Å². The maximum absolute atomic E-state index is 13.1. The van der Waals surface area contributed by atoms with E-state index >= 15 is 0 Å². The van der Waals surface area contributed by atoms with Gasteiger partial charge in [0.05, 0.1) is 17.9 Å². The van der Waals surface area contributed by atoms with Gasteiger partial charge in [0.1, 0.15) is 24.4 Å². The lowest BCUT2D eigenvalue weighted by Crippen LogP contribution is -2.76. The van der Waals surface area contributed by atoms with E-state index in [4.69, 9.17) is 44.8 Å². The molecule has 15 nitrogen and oxygen atoms in total. The smallest absolute Gasteiger partial charge is 0.332 e. The molecule has 11 unspecified atom stereocenters. The van der Waals surface area contributed by atoms with Crippen molar-refractivity contribution < 1.29 is 72.1 Å². The van der Waals surface area contributed by atoms with Crippen LogP contribution in [0.2, 0.25) is 0 Å². The molecule has 1 spiro atoms. The van der Waals surface area contributed by atoms with Crippen LogP contribution in [0.25, 0.3) is 0 Å². The fraction of sp³-hybridized carbons (Fsp3) is 0.667. The van der Waals surface area contributed by atoms with Crippen LogP contribution in [0.3, 0.4) is 0 Å². The monoisotopic (exact) mass is 672 g/mol. The highest BCUT2D eigenvalue weighted by molar-refractivity contribution is 6.19. The van der Waals surface area contributed by atoms with E-state index < -0.39 is 107 Å². The minimum absolute atomic E-state index is 0.195. The first-order valence-corrected chi connectivity index (χ1v) is 15.0. The first kappa shape index (κ1) is 35.3. The minimum Gasteiger partial charge on any atom is -0.459 e. The van der Waals surface area contributed by atoms with E-state index in [0.29, 0.717) is 0 Å². The summed E-state index contributed by atoms with van der Waals surface area (Å²) in [5.74, 6) is -8.56. The number of allylic oxidation sites excluding steroid dienone is 2. The summed E-state index contributed by atoms with van der Waals surface area (Å²) in [6.07, 6.45) is -5.48. The fourth-order valence-corrected chi connectivity index (χ4v) is 7.27. The number of aliphatic hydroxyl groups excluding tert-OH is 1. The van der Waals surface area contributed by atoms with Crippen molar-refractivity contribution >= 4 is 47.4 Å². The number of ether oxygens (including phenoxy) is 7. The number of aliphatic hydroxyl groups is 2. The summed E-state index contributed by atoms with van der Waals surface area (Å²) in [6, 6.07) is 0. The first-order chi connectivity index (χ1) is 21.5. The third-order valence-corrected chi connectivity index (χ3v) is 9.37. The second-order valence-electron chi connectivity index (χ2n) is 12.0. The topological polar surface area (TPSA) is 211 Å². The van der Waals surface area contributed by atoms with Crippen molar-refractivity contribution in [2.45, 2.75) is 89.4 Å². The highest BCUT2D eigenvalue weighted by Crippen LogP contribution is 2.63. The molecular weight excluding hydrogens is 636 g/mol. The Kier molecular flexibility index (Phi) is 9.93. The van der Waals surface area contributed by atoms with Crippen molar-refractivity contribution in [3.63, 3.8) is 0 Å². The van der Waals surface area contributed by atoms with Crippen LogP contribution in [0, 0.1) is 17.3 Å². The summed E-state index contributed by atoms with van der Waals surface area (Å²) in [6.45, 7) is 5.73. The van der Waals surface area contributed by atoms with Gasteiger partial charge in [-0.1, -0.05) is 13.0 Å². The van der Waals surface area contributed by atoms with Gasteiger partial charge in [0.2, 0.25) is 0 Å². The van der Waals surface area contributed by atoms with Gasteiger partial charge in [-0.3, -0.25) is 24.0 Å². The second kappa shape index (κ2) is 12.9. The SMILES string of the molecule is CC(=O)OC1C(OC(C)=O)C2(CO2)C2C(OC(C)=O)C3(O)C(C=C(CCl)C=CC(OC(=O)CO)C2(C)C1OC(C)=O)OC(=O)C3C. The van der Waals surface area contributed by atoms with Gasteiger partial charge in [-0.25, -0.2) is 4.79 Å². The van der Waals surface area contributed by atoms with Crippen LogP contribution >= 0.6 is 11.6 Å². The molecule has 4 rings (SSSR count). The number of halogens is 1. The van der Waals surface area contributed by atoms with Crippen LogP contribution in [0.4, 0.5) is 0 Å². The standard InChI is InChI=1S/C30H37ClO15/c1-13-27(38)46-20-9-18(10-31)7-8-19(45-21(37)11-32)28(6)23(26(30(13,20)39)44-17(5)36)29(12-40-29)25(43-16(4)35)22(41-14(2)33)24(28)42-15(3)34/h7-9,13,19-20,22-26,32,39H,10-12H2,1-6H3. The van der Waals surface area contributed by atoms with Crippen LogP contribution in [-0.2, 0) is 61.9 Å². The largest absolute Gasteiger partial charge is 0.459 e. The van der Waals surface area contributed by atoms with Crippen molar-refractivity contribution in [2.24, 2.45) is 17.3 Å². The molecule has 0 bridgehead atoms. The molecule has 3 fully saturated rings. The Morgan fingerprint density at radius 2 is 1.48 bits per heavy atom. The Hall–Kier alpha value is -3.53. The summed E-state index contributed by atoms with van der Waals surface area (Å²) < 4.78 is 40.3. The number of esters is 6. The Bertz CT molecular complexity index is 1350. The molecule has 254 valence electrons. The molecule has 46 heavy (non-hydrogen) atoms. The molecule has 0 aromatic carbocycles. The van der Waals surface area contributed by atoms with Crippen LogP contribution in [0.15, 0.2) is 23.8 Å². The fourth-order valence-electron chi connectivity index (χ4n) is 7.10. The lowest BCUT2D eigenvalue weighted by molar-refractivity contribution is -0.279. The van der Waals surface area contributed by atoms with E-state index in [9.17, 15) is 39.0 Å². The Labute approximate surface area is 269 Å². The molecule has 2 heterocycles. The zero-order valence-corrected chi connectivity index (χ0v) is 26.8. The summed E-state index contributed by atoms with van der Waals surface area (Å²) >= 11 is 6.21. The number of alkyl halides is 1. The van der Waals surface area contributed by atoms with Crippen molar-refractivity contribution in [3.05, 3.63) is 23.8 Å². The maximum atomic E-state index is 13.1. The third kappa shape index (κ3) is 6.00. The summed E-state index contributed by atoms with van der Waals surface area (Å²) in [4.78, 5) is 76.4.